The zero-order valence-electron chi connectivity index (χ0n) is 16.2. The summed E-state index contributed by atoms with van der Waals surface area (Å²) >= 11 is 0. The van der Waals surface area contributed by atoms with Gasteiger partial charge in [-0.1, -0.05) is 57.0 Å². The summed E-state index contributed by atoms with van der Waals surface area (Å²) in [5.41, 5.74) is 6.29. The van der Waals surface area contributed by atoms with Crippen LogP contribution >= 0.6 is 0 Å². The third kappa shape index (κ3) is 8.48. The number of rotatable bonds is 13. The highest BCUT2D eigenvalue weighted by atomic mass is 16.5. The fraction of sp³-hybridized carbons (Fsp3) is 0.619. The molecule has 0 radical (unpaired) electrons. The number of benzene rings is 1. The monoisotopic (exact) mass is 363 g/mol. The molecule has 1 aromatic carbocycles. The van der Waals surface area contributed by atoms with Gasteiger partial charge in [-0.15, -0.1) is 0 Å². The van der Waals surface area contributed by atoms with Crippen LogP contribution in [0.5, 0.6) is 0 Å². The molecule has 0 saturated carbocycles. The van der Waals surface area contributed by atoms with Gasteiger partial charge in [-0.25, -0.2) is 0 Å². The predicted molar refractivity (Wildman–Crippen MR) is 103 cm³/mol. The van der Waals surface area contributed by atoms with Crippen molar-refractivity contribution in [2.75, 3.05) is 13.2 Å². The van der Waals surface area contributed by atoms with Gasteiger partial charge in [0, 0.05) is 12.8 Å². The van der Waals surface area contributed by atoms with Crippen LogP contribution in [0.25, 0.3) is 0 Å². The van der Waals surface area contributed by atoms with Crippen LogP contribution < -0.4 is 5.73 Å². The summed E-state index contributed by atoms with van der Waals surface area (Å²) in [7, 11) is 0. The first kappa shape index (κ1) is 22.2. The molecule has 0 aliphatic heterocycles. The Bertz CT molecular complexity index is 532. The van der Waals surface area contributed by atoms with Gasteiger partial charge in [0.15, 0.2) is 0 Å². The Balaban J connectivity index is 2.62. The summed E-state index contributed by atoms with van der Waals surface area (Å²) in [5.74, 6) is -0.631. The molecule has 1 atom stereocenters. The summed E-state index contributed by atoms with van der Waals surface area (Å²) in [6.45, 7) is 4.91. The third-order valence-electron chi connectivity index (χ3n) is 4.26. The molecule has 2 N–H and O–H groups in total. The predicted octanol–water partition coefficient (Wildman–Crippen LogP) is 3.78. The van der Waals surface area contributed by atoms with Gasteiger partial charge in [0.2, 0.25) is 0 Å². The topological polar surface area (TPSA) is 78.6 Å². The van der Waals surface area contributed by atoms with Crippen molar-refractivity contribution in [1.82, 2.24) is 0 Å². The van der Waals surface area contributed by atoms with Crippen molar-refractivity contribution >= 4 is 11.9 Å². The van der Waals surface area contributed by atoms with E-state index in [0.717, 1.165) is 31.2 Å². The van der Waals surface area contributed by atoms with Crippen LogP contribution in [-0.2, 0) is 25.5 Å². The fourth-order valence-electron chi connectivity index (χ4n) is 2.63. The second kappa shape index (κ2) is 12.5. The van der Waals surface area contributed by atoms with Crippen LogP contribution in [0.3, 0.4) is 0 Å². The summed E-state index contributed by atoms with van der Waals surface area (Å²) in [6.07, 6.45) is 5.16. The zero-order valence-corrected chi connectivity index (χ0v) is 16.2. The number of hydrogen-bond donors (Lipinski definition) is 1. The molecule has 5 heteroatoms. The smallest absolute Gasteiger partial charge is 0.326 e. The molecule has 0 amide bonds. The molecule has 1 aromatic rings. The Hall–Kier alpha value is -1.88. The van der Waals surface area contributed by atoms with E-state index in [1.165, 1.54) is 0 Å². The molecule has 5 nitrogen and oxygen atoms in total. The van der Waals surface area contributed by atoms with E-state index in [2.05, 4.69) is 0 Å². The molecule has 146 valence electrons. The number of hydrogen-bond acceptors (Lipinski definition) is 5. The summed E-state index contributed by atoms with van der Waals surface area (Å²) in [5, 5.41) is 0. The highest BCUT2D eigenvalue weighted by molar-refractivity contribution is 5.81. The van der Waals surface area contributed by atoms with E-state index in [1.807, 2.05) is 44.2 Å². The average Bonchev–Trinajstić information content (AvgIpc) is 2.63. The van der Waals surface area contributed by atoms with E-state index in [-0.39, 0.29) is 12.4 Å². The average molecular weight is 363 g/mol. The van der Waals surface area contributed by atoms with Gasteiger partial charge in [0.1, 0.15) is 5.54 Å². The van der Waals surface area contributed by atoms with Crippen molar-refractivity contribution in [2.24, 2.45) is 5.73 Å². The van der Waals surface area contributed by atoms with Crippen molar-refractivity contribution in [3.63, 3.8) is 0 Å². The van der Waals surface area contributed by atoms with Gasteiger partial charge in [-0.05, 0) is 31.2 Å². The molecule has 1 unspecified atom stereocenters. The van der Waals surface area contributed by atoms with Crippen molar-refractivity contribution in [2.45, 2.75) is 70.8 Å². The lowest BCUT2D eigenvalue weighted by Crippen LogP contribution is -2.51. The summed E-state index contributed by atoms with van der Waals surface area (Å²) in [4.78, 5) is 24.3. The van der Waals surface area contributed by atoms with Crippen molar-refractivity contribution in [3.8, 4) is 0 Å². The van der Waals surface area contributed by atoms with E-state index in [0.29, 0.717) is 32.5 Å². The molecule has 0 aromatic heterocycles. The first-order valence-electron chi connectivity index (χ1n) is 9.67. The van der Waals surface area contributed by atoms with Crippen LogP contribution in [0, 0.1) is 0 Å². The standard InChI is InChI=1S/C21H33NO4/c1-3-5-15-25-19(23)13-10-14-21(22,20(24)26-16-6-4-2)17-18-11-8-7-9-12-18/h7-9,11-12H,3-6,10,13-17,22H2,1-2H3. The van der Waals surface area contributed by atoms with Gasteiger partial charge in [-0.3, -0.25) is 9.59 Å². The molecule has 1 rings (SSSR count). The third-order valence-corrected chi connectivity index (χ3v) is 4.26. The second-order valence-corrected chi connectivity index (χ2v) is 6.74. The van der Waals surface area contributed by atoms with Gasteiger partial charge in [0.25, 0.3) is 0 Å². The number of carbonyl (C=O) groups is 2. The summed E-state index contributed by atoms with van der Waals surface area (Å²) in [6, 6.07) is 9.65. The normalized spacial score (nSPS) is 13.0. The van der Waals surface area contributed by atoms with Gasteiger partial charge < -0.3 is 15.2 Å². The molecular formula is C21H33NO4. The minimum absolute atomic E-state index is 0.236. The molecule has 0 aliphatic rings. The van der Waals surface area contributed by atoms with Gasteiger partial charge in [0.05, 0.1) is 13.2 Å². The summed E-state index contributed by atoms with van der Waals surface area (Å²) < 4.78 is 10.5. The van der Waals surface area contributed by atoms with E-state index < -0.39 is 11.5 Å². The number of unbranched alkanes of at least 4 members (excludes halogenated alkanes) is 2. The lowest BCUT2D eigenvalue weighted by molar-refractivity contribution is -0.151. The molecule has 26 heavy (non-hydrogen) atoms. The molecule has 0 bridgehead atoms. The largest absolute Gasteiger partial charge is 0.466 e. The Morgan fingerprint density at radius 1 is 0.962 bits per heavy atom. The van der Waals surface area contributed by atoms with Crippen LogP contribution in [0.15, 0.2) is 30.3 Å². The maximum Gasteiger partial charge on any atom is 0.326 e. The number of esters is 2. The first-order valence-corrected chi connectivity index (χ1v) is 9.67. The Morgan fingerprint density at radius 3 is 2.19 bits per heavy atom. The van der Waals surface area contributed by atoms with Crippen LogP contribution in [0.2, 0.25) is 0 Å². The Morgan fingerprint density at radius 2 is 1.58 bits per heavy atom. The molecule has 0 spiro atoms. The van der Waals surface area contributed by atoms with Crippen LogP contribution in [0.1, 0.15) is 64.4 Å². The van der Waals surface area contributed by atoms with Crippen LogP contribution in [0.4, 0.5) is 0 Å². The quantitative estimate of drug-likeness (QED) is 0.426. The van der Waals surface area contributed by atoms with E-state index in [9.17, 15) is 9.59 Å². The molecule has 0 heterocycles. The van der Waals surface area contributed by atoms with E-state index >= 15 is 0 Å². The number of carbonyl (C=O) groups excluding carboxylic acids is 2. The first-order chi connectivity index (χ1) is 12.5. The Kier molecular flexibility index (Phi) is 10.6. The SMILES string of the molecule is CCCCOC(=O)CCCC(N)(Cc1ccccc1)C(=O)OCCCC. The second-order valence-electron chi connectivity index (χ2n) is 6.74. The number of nitrogens with two attached hydrogens (primary N) is 1. The zero-order chi connectivity index (χ0) is 19.3. The van der Waals surface area contributed by atoms with Crippen molar-refractivity contribution in [3.05, 3.63) is 35.9 Å². The Labute approximate surface area is 157 Å². The van der Waals surface area contributed by atoms with Crippen molar-refractivity contribution < 1.29 is 19.1 Å². The van der Waals surface area contributed by atoms with Gasteiger partial charge in [-0.2, -0.15) is 0 Å². The van der Waals surface area contributed by atoms with E-state index in [1.54, 1.807) is 0 Å². The maximum atomic E-state index is 12.6. The van der Waals surface area contributed by atoms with E-state index in [4.69, 9.17) is 15.2 Å². The fourth-order valence-corrected chi connectivity index (χ4v) is 2.63. The molecule has 0 fully saturated rings. The number of ether oxygens (including phenoxy) is 2. The van der Waals surface area contributed by atoms with Crippen LogP contribution in [-0.4, -0.2) is 30.7 Å². The molecule has 0 saturated heterocycles. The highest BCUT2D eigenvalue weighted by Gasteiger charge is 2.35. The minimum atomic E-state index is -1.13. The maximum absolute atomic E-state index is 12.6. The lowest BCUT2D eigenvalue weighted by atomic mass is 9.86. The van der Waals surface area contributed by atoms with Crippen molar-refractivity contribution in [1.29, 1.82) is 0 Å². The highest BCUT2D eigenvalue weighted by Crippen LogP contribution is 2.20. The molecular weight excluding hydrogens is 330 g/mol. The van der Waals surface area contributed by atoms with Gasteiger partial charge >= 0.3 is 11.9 Å². The minimum Gasteiger partial charge on any atom is -0.466 e. The molecule has 0 aliphatic carbocycles. The lowest BCUT2D eigenvalue weighted by Gasteiger charge is -2.27.